The number of carbonyl (C=O) groups excluding carboxylic acids is 1. The largest absolute Gasteiger partial charge is 0.465 e. The van der Waals surface area contributed by atoms with Crippen LogP contribution >= 0.6 is 0 Å². The molecule has 23 heavy (non-hydrogen) atoms. The maximum Gasteiger partial charge on any atom is 0.248 e. The number of hydrogen-bond donors (Lipinski definition) is 1. The molecule has 4 heteroatoms. The number of pyridine rings is 1. The lowest BCUT2D eigenvalue weighted by Gasteiger charge is -2.11. The third-order valence-electron chi connectivity index (χ3n) is 3.58. The smallest absolute Gasteiger partial charge is 0.248 e. The van der Waals surface area contributed by atoms with Gasteiger partial charge in [0.05, 0.1) is 17.5 Å². The highest BCUT2D eigenvalue weighted by molar-refractivity contribution is 6.07. The monoisotopic (exact) mass is 306 g/mol. The maximum absolute atomic E-state index is 12.2. The van der Waals surface area contributed by atoms with Crippen molar-refractivity contribution in [3.63, 3.8) is 0 Å². The number of benzene rings is 1. The average molecular weight is 306 g/mol. The second kappa shape index (κ2) is 6.08. The Balaban J connectivity index is 1.94. The predicted molar refractivity (Wildman–Crippen MR) is 92.3 cm³/mol. The van der Waals surface area contributed by atoms with Crippen LogP contribution in [0.5, 0.6) is 0 Å². The van der Waals surface area contributed by atoms with Crippen molar-refractivity contribution in [2.24, 2.45) is 0 Å². The Morgan fingerprint density at radius 2 is 2.04 bits per heavy atom. The molecular weight excluding hydrogens is 288 g/mol. The molecule has 1 amide bonds. The van der Waals surface area contributed by atoms with Crippen LogP contribution in [0.15, 0.2) is 47.1 Å². The lowest BCUT2D eigenvalue weighted by atomic mass is 10.0. The molecule has 0 bridgehead atoms. The van der Waals surface area contributed by atoms with E-state index in [0.29, 0.717) is 5.76 Å². The number of anilines is 1. The van der Waals surface area contributed by atoms with Crippen molar-refractivity contribution < 1.29 is 9.21 Å². The summed E-state index contributed by atoms with van der Waals surface area (Å²) in [4.78, 5) is 16.8. The van der Waals surface area contributed by atoms with Crippen LogP contribution < -0.4 is 5.32 Å². The zero-order valence-electron chi connectivity index (χ0n) is 13.4. The molecule has 3 aromatic rings. The molecule has 0 atom stereocenters. The van der Waals surface area contributed by atoms with Crippen molar-refractivity contribution in [1.82, 2.24) is 4.98 Å². The van der Waals surface area contributed by atoms with E-state index < -0.39 is 0 Å². The molecule has 0 spiro atoms. The van der Waals surface area contributed by atoms with Gasteiger partial charge in [0.2, 0.25) is 5.91 Å². The van der Waals surface area contributed by atoms with Crippen molar-refractivity contribution in [2.45, 2.75) is 20.8 Å². The summed E-state index contributed by atoms with van der Waals surface area (Å²) in [5.74, 6) is 0.440. The number of fused-ring (bicyclic) bond motifs is 1. The summed E-state index contributed by atoms with van der Waals surface area (Å²) in [5.41, 5.74) is 4.80. The quantitative estimate of drug-likeness (QED) is 0.729. The summed E-state index contributed by atoms with van der Waals surface area (Å²) in [6.45, 7) is 5.99. The van der Waals surface area contributed by atoms with Crippen LogP contribution in [0.25, 0.3) is 17.0 Å². The number of hydrogen-bond acceptors (Lipinski definition) is 3. The molecule has 2 heterocycles. The molecule has 2 aromatic heterocycles. The first-order valence-electron chi connectivity index (χ1n) is 7.44. The van der Waals surface area contributed by atoms with Gasteiger partial charge in [-0.05, 0) is 56.7 Å². The van der Waals surface area contributed by atoms with Gasteiger partial charge >= 0.3 is 0 Å². The topological polar surface area (TPSA) is 55.1 Å². The van der Waals surface area contributed by atoms with Gasteiger partial charge in [-0.3, -0.25) is 9.78 Å². The van der Waals surface area contributed by atoms with Crippen LogP contribution in [-0.4, -0.2) is 10.9 Å². The van der Waals surface area contributed by atoms with Crippen LogP contribution in [-0.2, 0) is 4.79 Å². The van der Waals surface area contributed by atoms with Crippen LogP contribution in [0.4, 0.5) is 5.69 Å². The van der Waals surface area contributed by atoms with Gasteiger partial charge in [0.1, 0.15) is 5.76 Å². The molecule has 0 saturated heterocycles. The fourth-order valence-corrected chi connectivity index (χ4v) is 2.63. The summed E-state index contributed by atoms with van der Waals surface area (Å²) in [7, 11) is 0. The van der Waals surface area contributed by atoms with Gasteiger partial charge in [-0.2, -0.15) is 0 Å². The molecule has 0 aliphatic carbocycles. The summed E-state index contributed by atoms with van der Waals surface area (Å²) < 4.78 is 5.18. The van der Waals surface area contributed by atoms with E-state index in [-0.39, 0.29) is 5.91 Å². The van der Waals surface area contributed by atoms with Crippen LogP contribution in [0.1, 0.15) is 22.6 Å². The minimum atomic E-state index is -0.201. The summed E-state index contributed by atoms with van der Waals surface area (Å²) in [5, 5.41) is 3.89. The number of amides is 1. The molecule has 0 fully saturated rings. The Morgan fingerprint density at radius 1 is 1.22 bits per heavy atom. The van der Waals surface area contributed by atoms with Gasteiger partial charge in [0.25, 0.3) is 0 Å². The van der Waals surface area contributed by atoms with Gasteiger partial charge in [0, 0.05) is 17.2 Å². The molecule has 1 aromatic carbocycles. The molecule has 1 N–H and O–H groups in total. The maximum atomic E-state index is 12.2. The van der Waals surface area contributed by atoms with Gasteiger partial charge in [-0.1, -0.05) is 11.6 Å². The molecule has 0 saturated carbocycles. The number of aryl methyl sites for hydroxylation is 3. The summed E-state index contributed by atoms with van der Waals surface area (Å²) in [6.07, 6.45) is 4.67. The van der Waals surface area contributed by atoms with Crippen LogP contribution in [0, 0.1) is 20.8 Å². The first kappa shape index (κ1) is 15.0. The van der Waals surface area contributed by atoms with Gasteiger partial charge in [0.15, 0.2) is 0 Å². The molecular formula is C19H18N2O2. The van der Waals surface area contributed by atoms with Crippen molar-refractivity contribution in [3.05, 3.63) is 65.3 Å². The van der Waals surface area contributed by atoms with E-state index in [9.17, 15) is 4.79 Å². The minimum Gasteiger partial charge on any atom is -0.465 e. The molecule has 0 aliphatic heterocycles. The highest BCUT2D eigenvalue weighted by atomic mass is 16.3. The summed E-state index contributed by atoms with van der Waals surface area (Å²) >= 11 is 0. The fraction of sp³-hybridized carbons (Fsp3) is 0.158. The SMILES string of the molecule is Cc1cc(C)c2nc(C)cc(NC(=O)/C=C/c3ccco3)c2c1. The Labute approximate surface area is 134 Å². The first-order valence-corrected chi connectivity index (χ1v) is 7.44. The third kappa shape index (κ3) is 3.31. The van der Waals surface area contributed by atoms with Crippen LogP contribution in [0.2, 0.25) is 0 Å². The van der Waals surface area contributed by atoms with E-state index in [4.69, 9.17) is 4.42 Å². The Morgan fingerprint density at radius 3 is 2.78 bits per heavy atom. The predicted octanol–water partition coefficient (Wildman–Crippen LogP) is 4.40. The lowest BCUT2D eigenvalue weighted by Crippen LogP contribution is -2.09. The van der Waals surface area contributed by atoms with E-state index in [2.05, 4.69) is 16.4 Å². The molecule has 116 valence electrons. The minimum absolute atomic E-state index is 0.201. The molecule has 0 radical (unpaired) electrons. The van der Waals surface area contributed by atoms with Crippen molar-refractivity contribution in [2.75, 3.05) is 5.32 Å². The van der Waals surface area contributed by atoms with Gasteiger partial charge < -0.3 is 9.73 Å². The van der Waals surface area contributed by atoms with E-state index in [1.807, 2.05) is 32.9 Å². The normalized spacial score (nSPS) is 11.3. The standard InChI is InChI=1S/C19H18N2O2/c1-12-9-13(2)19-16(10-12)17(11-14(3)20-19)21-18(22)7-6-15-5-4-8-23-15/h4-11H,1-3H3,(H,20,21,22)/b7-6+. The van der Waals surface area contributed by atoms with Gasteiger partial charge in [-0.15, -0.1) is 0 Å². The number of nitrogens with one attached hydrogen (secondary N) is 1. The van der Waals surface area contributed by atoms with E-state index in [1.165, 1.54) is 6.08 Å². The fourth-order valence-electron chi connectivity index (χ4n) is 2.63. The Hall–Kier alpha value is -2.88. The second-order valence-corrected chi connectivity index (χ2v) is 5.63. The molecule has 0 aliphatic rings. The third-order valence-corrected chi connectivity index (χ3v) is 3.58. The van der Waals surface area contributed by atoms with E-state index >= 15 is 0 Å². The highest BCUT2D eigenvalue weighted by Gasteiger charge is 2.09. The molecule has 0 unspecified atom stereocenters. The zero-order valence-corrected chi connectivity index (χ0v) is 13.4. The summed E-state index contributed by atoms with van der Waals surface area (Å²) in [6, 6.07) is 9.60. The number of carbonyl (C=O) groups is 1. The first-order chi connectivity index (χ1) is 11.0. The Kier molecular flexibility index (Phi) is 3.98. The lowest BCUT2D eigenvalue weighted by molar-refractivity contribution is -0.111. The number of rotatable bonds is 3. The van der Waals surface area contributed by atoms with Crippen molar-refractivity contribution in [3.8, 4) is 0 Å². The molecule has 3 rings (SSSR count). The van der Waals surface area contributed by atoms with E-state index in [1.54, 1.807) is 24.5 Å². The molecule has 4 nitrogen and oxygen atoms in total. The van der Waals surface area contributed by atoms with Crippen molar-refractivity contribution in [1.29, 1.82) is 0 Å². The zero-order chi connectivity index (χ0) is 16.4. The number of aromatic nitrogens is 1. The number of furan rings is 1. The van der Waals surface area contributed by atoms with Crippen LogP contribution in [0.3, 0.4) is 0 Å². The Bertz CT molecular complexity index is 893. The van der Waals surface area contributed by atoms with Crippen molar-refractivity contribution >= 4 is 28.6 Å². The average Bonchev–Trinajstić information content (AvgIpc) is 3.00. The van der Waals surface area contributed by atoms with Gasteiger partial charge in [-0.25, -0.2) is 0 Å². The van der Waals surface area contributed by atoms with E-state index in [0.717, 1.165) is 33.4 Å². The number of nitrogens with zero attached hydrogens (tertiary/aromatic N) is 1. The second-order valence-electron chi connectivity index (χ2n) is 5.63. The highest BCUT2D eigenvalue weighted by Crippen LogP contribution is 2.27.